The van der Waals surface area contributed by atoms with Crippen LogP contribution in [0.2, 0.25) is 0 Å². The molecule has 1 saturated heterocycles. The van der Waals surface area contributed by atoms with E-state index in [1.54, 1.807) is 0 Å². The molecule has 112 valence electrons. The average Bonchev–Trinajstić information content (AvgIpc) is 2.85. The molecule has 1 amide bonds. The summed E-state index contributed by atoms with van der Waals surface area (Å²) in [5, 5.41) is 10.1. The van der Waals surface area contributed by atoms with Gasteiger partial charge in [0.05, 0.1) is 6.61 Å². The minimum absolute atomic E-state index is 0.0948. The third-order valence-corrected chi connectivity index (χ3v) is 4.09. The van der Waals surface area contributed by atoms with Crippen LogP contribution in [-0.2, 0) is 0 Å². The van der Waals surface area contributed by atoms with E-state index < -0.39 is 0 Å². The lowest BCUT2D eigenvalue weighted by Crippen LogP contribution is -2.35. The molecule has 2 heterocycles. The maximum absolute atomic E-state index is 12.6. The second kappa shape index (κ2) is 6.28. The second-order valence-corrected chi connectivity index (χ2v) is 5.49. The van der Waals surface area contributed by atoms with Crippen molar-refractivity contribution in [3.05, 3.63) is 36.0 Å². The molecule has 1 aliphatic heterocycles. The van der Waals surface area contributed by atoms with E-state index >= 15 is 0 Å². The number of hydrogen-bond donors (Lipinski definition) is 2. The molecule has 0 bridgehead atoms. The summed E-state index contributed by atoms with van der Waals surface area (Å²) in [7, 11) is 0. The van der Waals surface area contributed by atoms with Gasteiger partial charge in [-0.3, -0.25) is 9.69 Å². The Hall–Kier alpha value is -1.85. The molecule has 0 unspecified atom stereocenters. The summed E-state index contributed by atoms with van der Waals surface area (Å²) in [4.78, 5) is 19.9. The average molecular weight is 287 g/mol. The molecule has 1 aromatic carbocycles. The Kier molecular flexibility index (Phi) is 4.22. The maximum Gasteiger partial charge on any atom is 0.253 e. The molecule has 5 heteroatoms. The Morgan fingerprint density at radius 2 is 2.10 bits per heavy atom. The van der Waals surface area contributed by atoms with Crippen LogP contribution >= 0.6 is 0 Å². The van der Waals surface area contributed by atoms with Crippen LogP contribution in [0.1, 0.15) is 16.8 Å². The van der Waals surface area contributed by atoms with Gasteiger partial charge in [0.25, 0.3) is 5.91 Å². The van der Waals surface area contributed by atoms with E-state index in [0.29, 0.717) is 6.54 Å². The quantitative estimate of drug-likeness (QED) is 0.895. The summed E-state index contributed by atoms with van der Waals surface area (Å²) < 4.78 is 0. The lowest BCUT2D eigenvalue weighted by molar-refractivity contribution is 0.0760. The van der Waals surface area contributed by atoms with Crippen LogP contribution in [0.5, 0.6) is 0 Å². The van der Waals surface area contributed by atoms with E-state index in [2.05, 4.69) is 9.88 Å². The number of aliphatic hydroxyl groups excluding tert-OH is 1. The zero-order valence-corrected chi connectivity index (χ0v) is 12.1. The van der Waals surface area contributed by atoms with Gasteiger partial charge in [-0.05, 0) is 36.6 Å². The first-order chi connectivity index (χ1) is 10.3. The van der Waals surface area contributed by atoms with Crippen molar-refractivity contribution in [2.45, 2.75) is 6.42 Å². The number of aromatic amines is 1. The normalized spacial score (nSPS) is 17.1. The van der Waals surface area contributed by atoms with Gasteiger partial charge in [0.1, 0.15) is 0 Å². The van der Waals surface area contributed by atoms with Crippen molar-refractivity contribution in [1.82, 2.24) is 14.8 Å². The molecule has 0 spiro atoms. The molecule has 1 aromatic heterocycles. The minimum atomic E-state index is 0.0948. The van der Waals surface area contributed by atoms with Crippen LogP contribution in [-0.4, -0.2) is 65.1 Å². The van der Waals surface area contributed by atoms with Gasteiger partial charge in [0, 0.05) is 43.5 Å². The molecular formula is C16H21N3O2. The monoisotopic (exact) mass is 287 g/mol. The SMILES string of the molecule is O=C(c1ccc2cc[nH]c2c1)N1CCCN(CCO)CC1. The number of aromatic nitrogens is 1. The van der Waals surface area contributed by atoms with E-state index in [9.17, 15) is 4.79 Å². The van der Waals surface area contributed by atoms with E-state index in [4.69, 9.17) is 5.11 Å². The number of β-amino-alcohol motifs (C(OH)–C–C–N with tert-alkyl or cyclic N) is 1. The van der Waals surface area contributed by atoms with Crippen LogP contribution in [0, 0.1) is 0 Å². The largest absolute Gasteiger partial charge is 0.395 e. The topological polar surface area (TPSA) is 59.6 Å². The maximum atomic E-state index is 12.6. The molecule has 0 atom stereocenters. The molecule has 1 fully saturated rings. The number of H-pyrrole nitrogens is 1. The summed E-state index contributed by atoms with van der Waals surface area (Å²) >= 11 is 0. The van der Waals surface area contributed by atoms with E-state index in [0.717, 1.165) is 49.1 Å². The van der Waals surface area contributed by atoms with Crippen molar-refractivity contribution in [2.24, 2.45) is 0 Å². The summed E-state index contributed by atoms with van der Waals surface area (Å²) in [5.74, 6) is 0.0948. The molecule has 2 N–H and O–H groups in total. The van der Waals surface area contributed by atoms with E-state index in [1.165, 1.54) is 0 Å². The van der Waals surface area contributed by atoms with Crippen molar-refractivity contribution in [2.75, 3.05) is 39.3 Å². The highest BCUT2D eigenvalue weighted by molar-refractivity contribution is 5.97. The highest BCUT2D eigenvalue weighted by atomic mass is 16.3. The van der Waals surface area contributed by atoms with Crippen molar-refractivity contribution in [3.63, 3.8) is 0 Å². The lowest BCUT2D eigenvalue weighted by atomic mass is 10.1. The van der Waals surface area contributed by atoms with Crippen molar-refractivity contribution >= 4 is 16.8 Å². The number of amides is 1. The fourth-order valence-electron chi connectivity index (χ4n) is 2.90. The molecule has 0 radical (unpaired) electrons. The number of nitrogens with one attached hydrogen (secondary N) is 1. The molecule has 3 rings (SSSR count). The standard InChI is InChI=1S/C16H21N3O2/c20-11-10-18-6-1-7-19(9-8-18)16(21)14-3-2-13-4-5-17-15(13)12-14/h2-5,12,17,20H,1,6-11H2. The Balaban J connectivity index is 1.72. The van der Waals surface area contributed by atoms with Gasteiger partial charge in [-0.2, -0.15) is 0 Å². The summed E-state index contributed by atoms with van der Waals surface area (Å²) in [6, 6.07) is 7.81. The summed E-state index contributed by atoms with van der Waals surface area (Å²) in [6.07, 6.45) is 2.84. The molecule has 1 aliphatic rings. The number of carbonyl (C=O) groups excluding carboxylic acids is 1. The van der Waals surface area contributed by atoms with Gasteiger partial charge < -0.3 is 15.0 Å². The van der Waals surface area contributed by atoms with Crippen LogP contribution in [0.25, 0.3) is 10.9 Å². The summed E-state index contributed by atoms with van der Waals surface area (Å²) in [6.45, 7) is 4.15. The molecule has 0 aliphatic carbocycles. The number of rotatable bonds is 3. The minimum Gasteiger partial charge on any atom is -0.395 e. The fourth-order valence-corrected chi connectivity index (χ4v) is 2.90. The van der Waals surface area contributed by atoms with E-state index in [1.807, 2.05) is 35.4 Å². The van der Waals surface area contributed by atoms with Gasteiger partial charge >= 0.3 is 0 Å². The van der Waals surface area contributed by atoms with Gasteiger partial charge in [-0.1, -0.05) is 6.07 Å². The number of aliphatic hydroxyl groups is 1. The first kappa shape index (κ1) is 14.1. The number of carbonyl (C=O) groups is 1. The van der Waals surface area contributed by atoms with Crippen LogP contribution in [0.3, 0.4) is 0 Å². The van der Waals surface area contributed by atoms with Crippen molar-refractivity contribution in [3.8, 4) is 0 Å². The van der Waals surface area contributed by atoms with Gasteiger partial charge in [0.2, 0.25) is 0 Å². The third kappa shape index (κ3) is 3.09. The number of benzene rings is 1. The Labute approximate surface area is 124 Å². The van der Waals surface area contributed by atoms with Crippen LogP contribution < -0.4 is 0 Å². The zero-order chi connectivity index (χ0) is 14.7. The van der Waals surface area contributed by atoms with Gasteiger partial charge in [-0.15, -0.1) is 0 Å². The molecule has 0 saturated carbocycles. The Bertz CT molecular complexity index is 623. The Morgan fingerprint density at radius 3 is 2.95 bits per heavy atom. The smallest absolute Gasteiger partial charge is 0.253 e. The van der Waals surface area contributed by atoms with Crippen molar-refractivity contribution in [1.29, 1.82) is 0 Å². The summed E-state index contributed by atoms with van der Waals surface area (Å²) in [5.41, 5.74) is 1.73. The highest BCUT2D eigenvalue weighted by Crippen LogP contribution is 2.16. The van der Waals surface area contributed by atoms with E-state index in [-0.39, 0.29) is 12.5 Å². The van der Waals surface area contributed by atoms with Crippen LogP contribution in [0.4, 0.5) is 0 Å². The predicted molar refractivity (Wildman–Crippen MR) is 82.3 cm³/mol. The van der Waals surface area contributed by atoms with Gasteiger partial charge in [0.15, 0.2) is 0 Å². The highest BCUT2D eigenvalue weighted by Gasteiger charge is 2.20. The van der Waals surface area contributed by atoms with Crippen LogP contribution in [0.15, 0.2) is 30.5 Å². The number of nitrogens with zero attached hydrogens (tertiary/aromatic N) is 2. The third-order valence-electron chi connectivity index (χ3n) is 4.09. The Morgan fingerprint density at radius 1 is 1.19 bits per heavy atom. The van der Waals surface area contributed by atoms with Crippen molar-refractivity contribution < 1.29 is 9.90 Å². The molecule has 21 heavy (non-hydrogen) atoms. The van der Waals surface area contributed by atoms with Gasteiger partial charge in [-0.25, -0.2) is 0 Å². The first-order valence-corrected chi connectivity index (χ1v) is 7.47. The molecule has 5 nitrogen and oxygen atoms in total. The predicted octanol–water partition coefficient (Wildman–Crippen LogP) is 1.31. The second-order valence-electron chi connectivity index (χ2n) is 5.49. The number of hydrogen-bond acceptors (Lipinski definition) is 3. The number of fused-ring (bicyclic) bond motifs is 1. The molecule has 2 aromatic rings. The lowest BCUT2D eigenvalue weighted by Gasteiger charge is -2.21. The fraction of sp³-hybridized carbons (Fsp3) is 0.438. The zero-order valence-electron chi connectivity index (χ0n) is 12.1. The first-order valence-electron chi connectivity index (χ1n) is 7.47. The molecular weight excluding hydrogens is 266 g/mol.